The minimum absolute atomic E-state index is 0.259. The monoisotopic (exact) mass is 157 g/mol. The number of likely N-dealkylation sites (N-methyl/N-ethyl adjacent to an activating group) is 1. The Morgan fingerprint density at radius 3 is 2.90 bits per heavy atom. The van der Waals surface area contributed by atoms with Crippen LogP contribution in [0.25, 0.3) is 0 Å². The first-order valence-electron chi connectivity index (χ1n) is 3.36. The Hall–Kier alpha value is -0.280. The zero-order valence-corrected chi connectivity index (χ0v) is 7.07. The van der Waals surface area contributed by atoms with Crippen LogP contribution in [0.5, 0.6) is 0 Å². The van der Waals surface area contributed by atoms with Gasteiger partial charge in [0.2, 0.25) is 0 Å². The molecule has 56 valence electrons. The smallest absolute Gasteiger partial charge is 0.185 e. The van der Waals surface area contributed by atoms with Gasteiger partial charge in [-0.15, -0.1) is 0 Å². The number of nitrogens with zero attached hydrogens (tertiary/aromatic N) is 1. The van der Waals surface area contributed by atoms with Gasteiger partial charge in [0.15, 0.2) is 5.78 Å². The van der Waals surface area contributed by atoms with Crippen LogP contribution >= 0.6 is 11.9 Å². The van der Waals surface area contributed by atoms with Crippen molar-refractivity contribution >= 4 is 17.7 Å². The molecule has 0 aliphatic carbocycles. The molecule has 1 aliphatic heterocycles. The summed E-state index contributed by atoms with van der Waals surface area (Å²) in [6.07, 6.45) is 2.93. The van der Waals surface area contributed by atoms with Gasteiger partial charge in [-0.1, -0.05) is 13.0 Å². The zero-order valence-electron chi connectivity index (χ0n) is 6.26. The van der Waals surface area contributed by atoms with Crippen LogP contribution in [0.15, 0.2) is 11.0 Å². The van der Waals surface area contributed by atoms with E-state index in [1.54, 1.807) is 11.9 Å². The van der Waals surface area contributed by atoms with Crippen LogP contribution in [-0.4, -0.2) is 23.7 Å². The van der Waals surface area contributed by atoms with E-state index in [0.29, 0.717) is 6.54 Å². The molecule has 0 spiro atoms. The molecule has 0 radical (unpaired) electrons. The van der Waals surface area contributed by atoms with Crippen LogP contribution in [0.3, 0.4) is 0 Å². The number of ketones is 1. The van der Waals surface area contributed by atoms with Gasteiger partial charge in [0.25, 0.3) is 0 Å². The molecule has 0 saturated carbocycles. The van der Waals surface area contributed by atoms with Gasteiger partial charge in [0.05, 0.1) is 11.4 Å². The van der Waals surface area contributed by atoms with Gasteiger partial charge in [-0.2, -0.15) is 0 Å². The van der Waals surface area contributed by atoms with Gasteiger partial charge >= 0.3 is 0 Å². The molecule has 0 bridgehead atoms. The molecule has 0 aromatic heterocycles. The predicted molar refractivity (Wildman–Crippen MR) is 43.6 cm³/mol. The summed E-state index contributed by atoms with van der Waals surface area (Å²) in [6, 6.07) is 0. The van der Waals surface area contributed by atoms with E-state index in [-0.39, 0.29) is 5.78 Å². The Balaban J connectivity index is 2.63. The van der Waals surface area contributed by atoms with E-state index in [0.717, 1.165) is 11.3 Å². The van der Waals surface area contributed by atoms with E-state index >= 15 is 0 Å². The second-order valence-electron chi connectivity index (χ2n) is 2.28. The van der Waals surface area contributed by atoms with Crippen molar-refractivity contribution in [3.63, 3.8) is 0 Å². The summed E-state index contributed by atoms with van der Waals surface area (Å²) in [6.45, 7) is 2.61. The van der Waals surface area contributed by atoms with E-state index in [9.17, 15) is 4.79 Å². The SMILES string of the molecule is CCC=C1SN(C)CC1=O. The summed E-state index contributed by atoms with van der Waals surface area (Å²) in [5.74, 6) is 0.259. The van der Waals surface area contributed by atoms with Crippen LogP contribution in [0, 0.1) is 0 Å². The first-order chi connectivity index (χ1) is 4.74. The Morgan fingerprint density at radius 1 is 1.80 bits per heavy atom. The molecular weight excluding hydrogens is 146 g/mol. The van der Waals surface area contributed by atoms with Crippen LogP contribution in [0.4, 0.5) is 0 Å². The Labute approximate surface area is 65.4 Å². The second kappa shape index (κ2) is 3.21. The molecule has 3 heteroatoms. The Kier molecular flexibility index (Phi) is 2.51. The molecular formula is C7H11NOS. The van der Waals surface area contributed by atoms with Crippen LogP contribution in [-0.2, 0) is 4.79 Å². The number of hydrogen-bond acceptors (Lipinski definition) is 3. The van der Waals surface area contributed by atoms with E-state index in [2.05, 4.69) is 0 Å². The minimum Gasteiger partial charge on any atom is -0.292 e. The summed E-state index contributed by atoms with van der Waals surface area (Å²) in [5, 5.41) is 0. The normalized spacial score (nSPS) is 24.6. The lowest BCUT2D eigenvalue weighted by atomic mass is 10.3. The maximum absolute atomic E-state index is 11.0. The molecule has 1 rings (SSSR count). The summed E-state index contributed by atoms with van der Waals surface area (Å²) < 4.78 is 1.95. The third-order valence-corrected chi connectivity index (χ3v) is 2.32. The minimum atomic E-state index is 0.259. The molecule has 0 amide bonds. The first kappa shape index (κ1) is 7.82. The molecule has 0 atom stereocenters. The molecule has 1 heterocycles. The highest BCUT2D eigenvalue weighted by atomic mass is 32.2. The average Bonchev–Trinajstić information content (AvgIpc) is 2.13. The van der Waals surface area contributed by atoms with Crippen molar-refractivity contribution in [2.45, 2.75) is 13.3 Å². The molecule has 1 fully saturated rings. The highest BCUT2D eigenvalue weighted by Crippen LogP contribution is 2.27. The number of carbonyl (C=O) groups is 1. The number of rotatable bonds is 1. The van der Waals surface area contributed by atoms with Crippen molar-refractivity contribution < 1.29 is 4.79 Å². The van der Waals surface area contributed by atoms with Crippen molar-refractivity contribution in [1.29, 1.82) is 0 Å². The summed E-state index contributed by atoms with van der Waals surface area (Å²) in [5.41, 5.74) is 0. The highest BCUT2D eigenvalue weighted by molar-refractivity contribution is 8.02. The van der Waals surface area contributed by atoms with Crippen molar-refractivity contribution in [3.8, 4) is 0 Å². The standard InChI is InChI=1S/C7H11NOS/c1-3-4-7-6(9)5-8(2)10-7/h4H,3,5H2,1-2H3. The fourth-order valence-corrected chi connectivity index (χ4v) is 1.79. The lowest BCUT2D eigenvalue weighted by Crippen LogP contribution is -2.08. The molecule has 0 aromatic carbocycles. The van der Waals surface area contributed by atoms with Gasteiger partial charge in [-0.3, -0.25) is 4.79 Å². The third kappa shape index (κ3) is 1.61. The van der Waals surface area contributed by atoms with Crippen molar-refractivity contribution in [3.05, 3.63) is 11.0 Å². The Bertz CT molecular complexity index is 176. The van der Waals surface area contributed by atoms with Crippen LogP contribution in [0.1, 0.15) is 13.3 Å². The van der Waals surface area contributed by atoms with Crippen LogP contribution < -0.4 is 0 Å². The maximum Gasteiger partial charge on any atom is 0.185 e. The average molecular weight is 157 g/mol. The van der Waals surface area contributed by atoms with Gasteiger partial charge in [-0.25, -0.2) is 4.31 Å². The first-order valence-corrected chi connectivity index (χ1v) is 4.14. The molecule has 1 saturated heterocycles. The number of hydrogen-bond donors (Lipinski definition) is 0. The lowest BCUT2D eigenvalue weighted by Gasteiger charge is -1.98. The maximum atomic E-state index is 11.0. The lowest BCUT2D eigenvalue weighted by molar-refractivity contribution is -0.114. The van der Waals surface area contributed by atoms with E-state index in [4.69, 9.17) is 0 Å². The predicted octanol–water partition coefficient (Wildman–Crippen LogP) is 1.44. The quantitative estimate of drug-likeness (QED) is 0.424. The number of carbonyl (C=O) groups excluding carboxylic acids is 1. The fraction of sp³-hybridized carbons (Fsp3) is 0.571. The van der Waals surface area contributed by atoms with E-state index < -0.39 is 0 Å². The molecule has 0 N–H and O–H groups in total. The fourth-order valence-electron chi connectivity index (χ4n) is 0.868. The third-order valence-electron chi connectivity index (χ3n) is 1.28. The van der Waals surface area contributed by atoms with Crippen molar-refractivity contribution in [2.24, 2.45) is 0 Å². The number of Topliss-reactive ketones (excluding diaryl/α,β-unsaturated/α-hetero) is 1. The molecule has 2 nitrogen and oxygen atoms in total. The van der Waals surface area contributed by atoms with Gasteiger partial charge in [0, 0.05) is 0 Å². The highest BCUT2D eigenvalue weighted by Gasteiger charge is 2.21. The van der Waals surface area contributed by atoms with Crippen LogP contribution in [0.2, 0.25) is 0 Å². The largest absolute Gasteiger partial charge is 0.292 e. The summed E-state index contributed by atoms with van der Waals surface area (Å²) in [4.78, 5) is 12.0. The Morgan fingerprint density at radius 2 is 2.50 bits per heavy atom. The topological polar surface area (TPSA) is 20.3 Å². The van der Waals surface area contributed by atoms with Gasteiger partial charge < -0.3 is 0 Å². The molecule has 0 aromatic rings. The van der Waals surface area contributed by atoms with E-state index in [1.165, 1.54) is 0 Å². The molecule has 1 aliphatic rings. The second-order valence-corrected chi connectivity index (χ2v) is 3.52. The molecule has 0 unspecified atom stereocenters. The van der Waals surface area contributed by atoms with E-state index in [1.807, 2.05) is 24.4 Å². The number of allylic oxidation sites excluding steroid dienone is 1. The summed E-state index contributed by atoms with van der Waals surface area (Å²) in [7, 11) is 1.93. The summed E-state index contributed by atoms with van der Waals surface area (Å²) >= 11 is 1.54. The van der Waals surface area contributed by atoms with Gasteiger partial charge in [0.1, 0.15) is 0 Å². The zero-order chi connectivity index (χ0) is 7.56. The van der Waals surface area contributed by atoms with Crippen molar-refractivity contribution in [1.82, 2.24) is 4.31 Å². The van der Waals surface area contributed by atoms with Gasteiger partial charge in [-0.05, 0) is 25.4 Å². The van der Waals surface area contributed by atoms with Crippen molar-refractivity contribution in [2.75, 3.05) is 13.6 Å². The molecule has 10 heavy (non-hydrogen) atoms.